The fraction of sp³-hybridized carbons (Fsp3) is 0.533. The summed E-state index contributed by atoms with van der Waals surface area (Å²) in [5.41, 5.74) is 0.365. The Morgan fingerprint density at radius 2 is 2.23 bits per heavy atom. The number of aliphatic hydroxyl groups is 1. The number of nitrogens with one attached hydrogen (secondary N) is 1. The molecule has 0 aromatic heterocycles. The number of anilines is 1. The van der Waals surface area contributed by atoms with E-state index in [1.54, 1.807) is 12.1 Å². The minimum absolute atomic E-state index is 0.0525. The Morgan fingerprint density at radius 3 is 2.95 bits per heavy atom. The van der Waals surface area contributed by atoms with E-state index in [2.05, 4.69) is 5.32 Å². The fourth-order valence-corrected chi connectivity index (χ4v) is 2.60. The van der Waals surface area contributed by atoms with Gasteiger partial charge < -0.3 is 10.4 Å². The molecule has 7 nitrogen and oxygen atoms in total. The standard InChI is InChI=1S/C15H21N3O4/c1-11(17-8-3-6-14(19)7-9-17)15(20)16-12-4-2-5-13(10-12)18(21)22/h2,4-5,10-11,14,19H,3,6-9H2,1H3,(H,16,20). The topological polar surface area (TPSA) is 95.7 Å². The van der Waals surface area contributed by atoms with Crippen LogP contribution in [0.5, 0.6) is 0 Å². The number of carbonyl (C=O) groups is 1. The highest BCUT2D eigenvalue weighted by molar-refractivity contribution is 5.94. The Bertz CT molecular complexity index is 549. The largest absolute Gasteiger partial charge is 0.393 e. The lowest BCUT2D eigenvalue weighted by Gasteiger charge is -2.26. The molecular weight excluding hydrogens is 286 g/mol. The second-order valence-corrected chi connectivity index (χ2v) is 5.59. The molecule has 1 heterocycles. The first-order chi connectivity index (χ1) is 10.5. The normalized spacial score (nSPS) is 20.9. The van der Waals surface area contributed by atoms with Crippen LogP contribution in [-0.4, -0.2) is 46.1 Å². The van der Waals surface area contributed by atoms with E-state index in [-0.39, 0.29) is 23.7 Å². The van der Waals surface area contributed by atoms with Crippen molar-refractivity contribution in [3.63, 3.8) is 0 Å². The quantitative estimate of drug-likeness (QED) is 0.653. The van der Waals surface area contributed by atoms with Crippen LogP contribution in [0.2, 0.25) is 0 Å². The Labute approximate surface area is 129 Å². The number of carbonyl (C=O) groups excluding carboxylic acids is 1. The molecule has 1 fully saturated rings. The van der Waals surface area contributed by atoms with Crippen molar-refractivity contribution in [2.24, 2.45) is 0 Å². The van der Waals surface area contributed by atoms with Crippen LogP contribution in [0.15, 0.2) is 24.3 Å². The van der Waals surface area contributed by atoms with Crippen molar-refractivity contribution in [1.29, 1.82) is 0 Å². The molecule has 0 radical (unpaired) electrons. The van der Waals surface area contributed by atoms with Crippen molar-refractivity contribution < 1.29 is 14.8 Å². The van der Waals surface area contributed by atoms with E-state index in [1.165, 1.54) is 12.1 Å². The summed E-state index contributed by atoms with van der Waals surface area (Å²) in [5.74, 6) is -0.197. The van der Waals surface area contributed by atoms with Gasteiger partial charge in [-0.25, -0.2) is 0 Å². The molecule has 22 heavy (non-hydrogen) atoms. The van der Waals surface area contributed by atoms with Crippen LogP contribution in [0.4, 0.5) is 11.4 Å². The first-order valence-electron chi connectivity index (χ1n) is 7.45. The molecule has 0 aliphatic carbocycles. The van der Waals surface area contributed by atoms with Crippen molar-refractivity contribution >= 4 is 17.3 Å². The zero-order chi connectivity index (χ0) is 16.1. The third-order valence-electron chi connectivity index (χ3n) is 3.98. The first-order valence-corrected chi connectivity index (χ1v) is 7.45. The monoisotopic (exact) mass is 307 g/mol. The van der Waals surface area contributed by atoms with Gasteiger partial charge in [-0.2, -0.15) is 0 Å². The molecule has 1 aliphatic rings. The predicted molar refractivity (Wildman–Crippen MR) is 82.6 cm³/mol. The van der Waals surface area contributed by atoms with Crippen LogP contribution in [0.1, 0.15) is 26.2 Å². The number of benzene rings is 1. The summed E-state index contributed by atoms with van der Waals surface area (Å²) in [4.78, 5) is 24.6. The molecule has 2 atom stereocenters. The molecule has 1 aliphatic heterocycles. The molecule has 1 aromatic rings. The molecular formula is C15H21N3O4. The number of nitro groups is 1. The molecule has 1 amide bonds. The molecule has 2 rings (SSSR count). The summed E-state index contributed by atoms with van der Waals surface area (Å²) in [6, 6.07) is 5.56. The van der Waals surface area contributed by atoms with Gasteiger partial charge in [0.05, 0.1) is 17.1 Å². The van der Waals surface area contributed by atoms with Crippen molar-refractivity contribution in [1.82, 2.24) is 4.90 Å². The highest BCUT2D eigenvalue weighted by Crippen LogP contribution is 2.18. The molecule has 0 saturated carbocycles. The van der Waals surface area contributed by atoms with Crippen molar-refractivity contribution in [3.05, 3.63) is 34.4 Å². The van der Waals surface area contributed by atoms with Gasteiger partial charge in [-0.1, -0.05) is 6.07 Å². The minimum Gasteiger partial charge on any atom is -0.393 e. The smallest absolute Gasteiger partial charge is 0.271 e. The zero-order valence-electron chi connectivity index (χ0n) is 12.6. The number of non-ortho nitro benzene ring substituents is 1. The summed E-state index contributed by atoms with van der Waals surface area (Å²) in [5, 5.41) is 23.1. The lowest BCUT2D eigenvalue weighted by Crippen LogP contribution is -2.42. The Morgan fingerprint density at radius 1 is 1.45 bits per heavy atom. The van der Waals surface area contributed by atoms with Crippen LogP contribution in [0, 0.1) is 10.1 Å². The SMILES string of the molecule is CC(C(=O)Nc1cccc([N+](=O)[O-])c1)N1CCCC(O)CC1. The summed E-state index contributed by atoms with van der Waals surface area (Å²) < 4.78 is 0. The lowest BCUT2D eigenvalue weighted by atomic mass is 10.2. The van der Waals surface area contributed by atoms with Crippen LogP contribution in [0.3, 0.4) is 0 Å². The second-order valence-electron chi connectivity index (χ2n) is 5.59. The van der Waals surface area contributed by atoms with E-state index in [0.29, 0.717) is 18.7 Å². The summed E-state index contributed by atoms with van der Waals surface area (Å²) >= 11 is 0. The van der Waals surface area contributed by atoms with E-state index in [4.69, 9.17) is 0 Å². The summed E-state index contributed by atoms with van der Waals surface area (Å²) in [7, 11) is 0. The predicted octanol–water partition coefficient (Wildman–Crippen LogP) is 1.77. The lowest BCUT2D eigenvalue weighted by molar-refractivity contribution is -0.384. The highest BCUT2D eigenvalue weighted by atomic mass is 16.6. The fourth-order valence-electron chi connectivity index (χ4n) is 2.60. The van der Waals surface area contributed by atoms with Gasteiger partial charge in [0.15, 0.2) is 0 Å². The average Bonchev–Trinajstić information content (AvgIpc) is 2.71. The number of aliphatic hydroxyl groups excluding tert-OH is 1. The van der Waals surface area contributed by atoms with Crippen molar-refractivity contribution in [2.45, 2.75) is 38.3 Å². The number of nitro benzene ring substituents is 1. The number of amides is 1. The zero-order valence-corrected chi connectivity index (χ0v) is 12.6. The first kappa shape index (κ1) is 16.4. The second kappa shape index (κ2) is 7.33. The molecule has 0 bridgehead atoms. The number of hydrogen-bond donors (Lipinski definition) is 2. The van der Waals surface area contributed by atoms with E-state index in [9.17, 15) is 20.0 Å². The molecule has 1 saturated heterocycles. The molecule has 2 N–H and O–H groups in total. The van der Waals surface area contributed by atoms with Gasteiger partial charge in [-0.3, -0.25) is 19.8 Å². The van der Waals surface area contributed by atoms with E-state index < -0.39 is 4.92 Å². The van der Waals surface area contributed by atoms with Crippen LogP contribution in [-0.2, 0) is 4.79 Å². The van der Waals surface area contributed by atoms with Crippen LogP contribution in [0.25, 0.3) is 0 Å². The van der Waals surface area contributed by atoms with Gasteiger partial charge >= 0.3 is 0 Å². The highest BCUT2D eigenvalue weighted by Gasteiger charge is 2.24. The molecule has 7 heteroatoms. The number of likely N-dealkylation sites (tertiary alicyclic amines) is 1. The summed E-state index contributed by atoms with van der Waals surface area (Å²) in [6.07, 6.45) is 1.98. The van der Waals surface area contributed by atoms with Crippen LogP contribution < -0.4 is 5.32 Å². The maximum atomic E-state index is 12.3. The van der Waals surface area contributed by atoms with Crippen LogP contribution >= 0.6 is 0 Å². The van der Waals surface area contributed by atoms with Gasteiger partial charge in [-0.05, 0) is 38.8 Å². The number of rotatable bonds is 4. The van der Waals surface area contributed by atoms with Gasteiger partial charge in [0.1, 0.15) is 0 Å². The summed E-state index contributed by atoms with van der Waals surface area (Å²) in [6.45, 7) is 3.25. The van der Waals surface area contributed by atoms with Gasteiger partial charge in [0.2, 0.25) is 5.91 Å². The number of hydrogen-bond acceptors (Lipinski definition) is 5. The third-order valence-corrected chi connectivity index (χ3v) is 3.98. The molecule has 0 spiro atoms. The average molecular weight is 307 g/mol. The molecule has 2 unspecified atom stereocenters. The van der Waals surface area contributed by atoms with E-state index in [1.807, 2.05) is 11.8 Å². The van der Waals surface area contributed by atoms with E-state index >= 15 is 0 Å². The maximum absolute atomic E-state index is 12.3. The molecule has 120 valence electrons. The number of nitrogens with zero attached hydrogens (tertiary/aromatic N) is 2. The van der Waals surface area contributed by atoms with Gasteiger partial charge in [-0.15, -0.1) is 0 Å². The molecule has 1 aromatic carbocycles. The van der Waals surface area contributed by atoms with Crippen molar-refractivity contribution in [2.75, 3.05) is 18.4 Å². The third kappa shape index (κ3) is 4.25. The van der Waals surface area contributed by atoms with Gasteiger partial charge in [0, 0.05) is 24.4 Å². The Kier molecular flexibility index (Phi) is 5.46. The van der Waals surface area contributed by atoms with Gasteiger partial charge in [0.25, 0.3) is 5.69 Å². The minimum atomic E-state index is -0.491. The Hall–Kier alpha value is -1.99. The van der Waals surface area contributed by atoms with Crippen molar-refractivity contribution in [3.8, 4) is 0 Å². The van der Waals surface area contributed by atoms with E-state index in [0.717, 1.165) is 19.4 Å². The Balaban J connectivity index is 1.99. The maximum Gasteiger partial charge on any atom is 0.271 e.